The van der Waals surface area contributed by atoms with Crippen LogP contribution < -0.4 is 10.6 Å². The molecular weight excluding hydrogens is 232 g/mol. The molecule has 0 saturated carbocycles. The van der Waals surface area contributed by atoms with Crippen LogP contribution in [0.1, 0.15) is 32.6 Å². The molecule has 0 aliphatic carbocycles. The van der Waals surface area contributed by atoms with E-state index < -0.39 is 0 Å². The lowest BCUT2D eigenvalue weighted by Gasteiger charge is -2.23. The highest BCUT2D eigenvalue weighted by Gasteiger charge is 2.18. The molecule has 3 nitrogen and oxygen atoms in total. The number of amides is 1. The minimum Gasteiger partial charge on any atom is -0.350 e. The van der Waals surface area contributed by atoms with Crippen LogP contribution in [0.3, 0.4) is 0 Å². The van der Waals surface area contributed by atoms with Gasteiger partial charge in [-0.2, -0.15) is 0 Å². The van der Waals surface area contributed by atoms with Crippen molar-refractivity contribution >= 4 is 17.2 Å². The summed E-state index contributed by atoms with van der Waals surface area (Å²) in [6.07, 6.45) is 0.977. The van der Waals surface area contributed by atoms with Gasteiger partial charge in [-0.15, -0.1) is 11.3 Å². The van der Waals surface area contributed by atoms with Crippen molar-refractivity contribution in [1.29, 1.82) is 0 Å². The number of thiophene rings is 1. The topological polar surface area (TPSA) is 41.1 Å². The third-order valence-electron chi connectivity index (χ3n) is 2.29. The first kappa shape index (κ1) is 14.2. The quantitative estimate of drug-likeness (QED) is 0.845. The van der Waals surface area contributed by atoms with E-state index in [-0.39, 0.29) is 17.5 Å². The van der Waals surface area contributed by atoms with Crippen LogP contribution in [-0.2, 0) is 11.2 Å². The molecule has 1 aromatic heterocycles. The molecule has 1 rings (SSSR count). The van der Waals surface area contributed by atoms with E-state index in [1.165, 1.54) is 4.88 Å². The molecule has 96 valence electrons. The predicted molar refractivity (Wildman–Crippen MR) is 73.4 cm³/mol. The molecule has 0 bridgehead atoms. The molecule has 0 fully saturated rings. The van der Waals surface area contributed by atoms with Crippen LogP contribution in [0.2, 0.25) is 0 Å². The van der Waals surface area contributed by atoms with Gasteiger partial charge in [-0.25, -0.2) is 0 Å². The largest absolute Gasteiger partial charge is 0.350 e. The van der Waals surface area contributed by atoms with E-state index in [4.69, 9.17) is 0 Å². The molecule has 1 heterocycles. The van der Waals surface area contributed by atoms with Gasteiger partial charge >= 0.3 is 0 Å². The van der Waals surface area contributed by atoms with Crippen molar-refractivity contribution in [1.82, 2.24) is 10.6 Å². The number of carbonyl (C=O) groups excluding carboxylic acids is 1. The standard InChI is InChI=1S/C13H22N2OS/c1-10(12(16)15-13(2,3)4)14-8-7-11-6-5-9-17-11/h5-6,9-10,14H,7-8H2,1-4H3,(H,15,16). The Morgan fingerprint density at radius 1 is 1.47 bits per heavy atom. The van der Waals surface area contributed by atoms with Gasteiger partial charge in [-0.05, 0) is 45.6 Å². The summed E-state index contributed by atoms with van der Waals surface area (Å²) < 4.78 is 0. The molecule has 1 amide bonds. The Morgan fingerprint density at radius 2 is 2.18 bits per heavy atom. The van der Waals surface area contributed by atoms with Crippen molar-refractivity contribution in [2.75, 3.05) is 6.54 Å². The molecule has 4 heteroatoms. The fraction of sp³-hybridized carbons (Fsp3) is 0.615. The zero-order valence-electron chi connectivity index (χ0n) is 11.0. The van der Waals surface area contributed by atoms with E-state index in [2.05, 4.69) is 28.1 Å². The summed E-state index contributed by atoms with van der Waals surface area (Å²) >= 11 is 1.75. The van der Waals surface area contributed by atoms with Gasteiger partial charge < -0.3 is 10.6 Å². The first-order chi connectivity index (χ1) is 7.88. The first-order valence-corrected chi connectivity index (χ1v) is 6.84. The van der Waals surface area contributed by atoms with Crippen molar-refractivity contribution < 1.29 is 4.79 Å². The van der Waals surface area contributed by atoms with Gasteiger partial charge in [0.1, 0.15) is 0 Å². The molecule has 0 spiro atoms. The third-order valence-corrected chi connectivity index (χ3v) is 3.23. The first-order valence-electron chi connectivity index (χ1n) is 5.96. The predicted octanol–water partition coefficient (Wildman–Crippen LogP) is 2.18. The van der Waals surface area contributed by atoms with E-state index in [0.717, 1.165) is 13.0 Å². The molecule has 1 atom stereocenters. The minimum absolute atomic E-state index is 0.0590. The maximum atomic E-state index is 11.8. The normalized spacial score (nSPS) is 13.4. The summed E-state index contributed by atoms with van der Waals surface area (Å²) in [6.45, 7) is 8.70. The Bertz CT molecular complexity index is 341. The fourth-order valence-corrected chi connectivity index (χ4v) is 2.15. The highest BCUT2D eigenvalue weighted by atomic mass is 32.1. The fourth-order valence-electron chi connectivity index (χ4n) is 1.44. The highest BCUT2D eigenvalue weighted by molar-refractivity contribution is 7.09. The van der Waals surface area contributed by atoms with Gasteiger partial charge in [0.2, 0.25) is 5.91 Å². The average Bonchev–Trinajstić information content (AvgIpc) is 2.67. The summed E-state index contributed by atoms with van der Waals surface area (Å²) in [5.41, 5.74) is -0.166. The van der Waals surface area contributed by atoms with Crippen molar-refractivity contribution in [2.45, 2.75) is 45.7 Å². The maximum Gasteiger partial charge on any atom is 0.237 e. The van der Waals surface area contributed by atoms with Crippen molar-refractivity contribution in [3.63, 3.8) is 0 Å². The Balaban J connectivity index is 2.25. The Kier molecular flexibility index (Phi) is 5.15. The summed E-state index contributed by atoms with van der Waals surface area (Å²) in [5, 5.41) is 8.28. The smallest absolute Gasteiger partial charge is 0.237 e. The van der Waals surface area contributed by atoms with Crippen LogP contribution in [0.4, 0.5) is 0 Å². The second kappa shape index (κ2) is 6.17. The summed E-state index contributed by atoms with van der Waals surface area (Å²) in [5.74, 6) is 0.0590. The van der Waals surface area contributed by atoms with E-state index >= 15 is 0 Å². The lowest BCUT2D eigenvalue weighted by molar-refractivity contribution is -0.124. The molecule has 0 aliphatic heterocycles. The van der Waals surface area contributed by atoms with E-state index in [1.807, 2.05) is 27.7 Å². The minimum atomic E-state index is -0.166. The molecule has 1 unspecified atom stereocenters. The van der Waals surface area contributed by atoms with Gasteiger partial charge in [-0.3, -0.25) is 4.79 Å². The zero-order chi connectivity index (χ0) is 12.9. The Labute approximate surface area is 108 Å². The number of nitrogens with one attached hydrogen (secondary N) is 2. The van der Waals surface area contributed by atoms with Gasteiger partial charge in [-0.1, -0.05) is 6.07 Å². The second-order valence-electron chi connectivity index (χ2n) is 5.24. The molecule has 0 aliphatic rings. The molecule has 0 radical (unpaired) electrons. The zero-order valence-corrected chi connectivity index (χ0v) is 11.9. The van der Waals surface area contributed by atoms with Gasteiger partial charge in [0.15, 0.2) is 0 Å². The van der Waals surface area contributed by atoms with E-state index in [1.54, 1.807) is 11.3 Å². The SMILES string of the molecule is CC(NCCc1cccs1)C(=O)NC(C)(C)C. The number of hydrogen-bond donors (Lipinski definition) is 2. The van der Waals surface area contributed by atoms with Crippen molar-refractivity contribution in [3.8, 4) is 0 Å². The molecule has 2 N–H and O–H groups in total. The number of hydrogen-bond acceptors (Lipinski definition) is 3. The monoisotopic (exact) mass is 254 g/mol. The lowest BCUT2D eigenvalue weighted by atomic mass is 10.1. The molecule has 1 aromatic rings. The van der Waals surface area contributed by atoms with Crippen molar-refractivity contribution in [2.24, 2.45) is 0 Å². The summed E-state index contributed by atoms with van der Waals surface area (Å²) in [4.78, 5) is 13.1. The van der Waals surface area contributed by atoms with E-state index in [9.17, 15) is 4.79 Å². The van der Waals surface area contributed by atoms with Crippen LogP contribution in [-0.4, -0.2) is 24.0 Å². The molecule has 0 aromatic carbocycles. The van der Waals surface area contributed by atoms with Gasteiger partial charge in [0.25, 0.3) is 0 Å². The number of rotatable bonds is 5. The Hall–Kier alpha value is -0.870. The van der Waals surface area contributed by atoms with Gasteiger partial charge in [0, 0.05) is 17.0 Å². The van der Waals surface area contributed by atoms with E-state index in [0.29, 0.717) is 0 Å². The van der Waals surface area contributed by atoms with Crippen LogP contribution >= 0.6 is 11.3 Å². The van der Waals surface area contributed by atoms with Gasteiger partial charge in [0.05, 0.1) is 6.04 Å². The molecule has 17 heavy (non-hydrogen) atoms. The second-order valence-corrected chi connectivity index (χ2v) is 6.28. The average molecular weight is 254 g/mol. The van der Waals surface area contributed by atoms with Crippen LogP contribution in [0.5, 0.6) is 0 Å². The maximum absolute atomic E-state index is 11.8. The highest BCUT2D eigenvalue weighted by Crippen LogP contribution is 2.08. The third kappa shape index (κ3) is 5.84. The van der Waals surface area contributed by atoms with Crippen LogP contribution in [0.15, 0.2) is 17.5 Å². The van der Waals surface area contributed by atoms with Crippen LogP contribution in [0, 0.1) is 0 Å². The summed E-state index contributed by atoms with van der Waals surface area (Å²) in [6, 6.07) is 4.02. The lowest BCUT2D eigenvalue weighted by Crippen LogP contribution is -2.49. The summed E-state index contributed by atoms with van der Waals surface area (Å²) in [7, 11) is 0. The Morgan fingerprint density at radius 3 is 2.71 bits per heavy atom. The van der Waals surface area contributed by atoms with Crippen LogP contribution in [0.25, 0.3) is 0 Å². The number of carbonyl (C=O) groups is 1. The molecular formula is C13H22N2OS. The molecule has 0 saturated heterocycles. The van der Waals surface area contributed by atoms with Crippen molar-refractivity contribution in [3.05, 3.63) is 22.4 Å².